The first kappa shape index (κ1) is 16.8. The lowest BCUT2D eigenvalue weighted by Crippen LogP contribution is -2.19. The van der Waals surface area contributed by atoms with Gasteiger partial charge in [-0.3, -0.25) is 4.79 Å². The lowest BCUT2D eigenvalue weighted by molar-refractivity contribution is -0.146. The van der Waals surface area contributed by atoms with Crippen molar-refractivity contribution >= 4 is 51.2 Å². The Morgan fingerprint density at radius 1 is 1.50 bits per heavy atom. The predicted octanol–water partition coefficient (Wildman–Crippen LogP) is 3.98. The number of rotatable bonds is 8. The average molecular weight is 460 g/mol. The van der Waals surface area contributed by atoms with Crippen LogP contribution in [0.5, 0.6) is 0 Å². The molecule has 2 nitrogen and oxygen atoms in total. The molecular formula is C10H16F2I2O2. The minimum absolute atomic E-state index is 0.185. The highest BCUT2D eigenvalue weighted by Gasteiger charge is 2.26. The van der Waals surface area contributed by atoms with Crippen molar-refractivity contribution in [2.75, 3.05) is 11.0 Å². The molecule has 0 saturated carbocycles. The van der Waals surface area contributed by atoms with Crippen molar-refractivity contribution in [3.63, 3.8) is 0 Å². The van der Waals surface area contributed by atoms with Gasteiger partial charge in [0.1, 0.15) is 0 Å². The second-order valence-electron chi connectivity index (χ2n) is 3.47. The Balaban J connectivity index is 3.59. The van der Waals surface area contributed by atoms with Crippen LogP contribution in [-0.4, -0.2) is 26.9 Å². The van der Waals surface area contributed by atoms with Crippen molar-refractivity contribution in [3.8, 4) is 0 Å². The van der Waals surface area contributed by atoms with Gasteiger partial charge in [0, 0.05) is 27.6 Å². The molecule has 6 heteroatoms. The third-order valence-electron chi connectivity index (χ3n) is 2.08. The monoisotopic (exact) mass is 460 g/mol. The van der Waals surface area contributed by atoms with Gasteiger partial charge in [0.25, 0.3) is 5.92 Å². The Kier molecular flexibility index (Phi) is 9.25. The first-order chi connectivity index (χ1) is 7.41. The van der Waals surface area contributed by atoms with E-state index in [4.69, 9.17) is 4.74 Å². The van der Waals surface area contributed by atoms with Crippen LogP contribution in [0.1, 0.15) is 32.6 Å². The maximum Gasteiger partial charge on any atom is 0.305 e. The van der Waals surface area contributed by atoms with E-state index in [0.29, 0.717) is 10.3 Å². The largest absolute Gasteiger partial charge is 0.465 e. The molecule has 16 heavy (non-hydrogen) atoms. The Morgan fingerprint density at radius 3 is 2.62 bits per heavy atom. The highest BCUT2D eigenvalue weighted by atomic mass is 127. The van der Waals surface area contributed by atoms with Crippen molar-refractivity contribution in [1.82, 2.24) is 0 Å². The highest BCUT2D eigenvalue weighted by Crippen LogP contribution is 2.22. The van der Waals surface area contributed by atoms with E-state index in [9.17, 15) is 13.6 Å². The van der Waals surface area contributed by atoms with Crippen LogP contribution >= 0.6 is 45.2 Å². The summed E-state index contributed by atoms with van der Waals surface area (Å²) < 4.78 is 31.7. The van der Waals surface area contributed by atoms with Crippen molar-refractivity contribution in [3.05, 3.63) is 0 Å². The highest BCUT2D eigenvalue weighted by molar-refractivity contribution is 14.1. The zero-order chi connectivity index (χ0) is 12.6. The molecule has 0 spiro atoms. The van der Waals surface area contributed by atoms with Gasteiger partial charge in [-0.2, -0.15) is 0 Å². The Bertz CT molecular complexity index is 213. The summed E-state index contributed by atoms with van der Waals surface area (Å²) in [7, 11) is 0. The first-order valence-corrected chi connectivity index (χ1v) is 7.92. The summed E-state index contributed by atoms with van der Waals surface area (Å²) in [5.74, 6) is -3.09. The molecule has 0 saturated heterocycles. The van der Waals surface area contributed by atoms with Gasteiger partial charge in [-0.25, -0.2) is 8.78 Å². The summed E-state index contributed by atoms with van der Waals surface area (Å²) in [6.45, 7) is 1.23. The third-order valence-corrected chi connectivity index (χ3v) is 5.89. The minimum Gasteiger partial charge on any atom is -0.465 e. The van der Waals surface area contributed by atoms with Crippen molar-refractivity contribution < 1.29 is 18.3 Å². The normalized spacial score (nSPS) is 13.6. The molecular weight excluding hydrogens is 444 g/mol. The molecule has 96 valence electrons. The van der Waals surface area contributed by atoms with E-state index in [2.05, 4.69) is 45.2 Å². The number of esters is 1. The van der Waals surface area contributed by atoms with E-state index in [1.165, 1.54) is 6.92 Å². The number of alkyl halides is 4. The molecule has 0 aromatic rings. The number of carbonyl (C=O) groups excluding carboxylic acids is 1. The van der Waals surface area contributed by atoms with Crippen LogP contribution < -0.4 is 0 Å². The molecule has 0 rings (SSSR count). The second kappa shape index (κ2) is 8.82. The van der Waals surface area contributed by atoms with Crippen molar-refractivity contribution in [1.29, 1.82) is 0 Å². The van der Waals surface area contributed by atoms with E-state index in [0.717, 1.165) is 10.8 Å². The fraction of sp³-hybridized carbons (Fsp3) is 0.900. The Morgan fingerprint density at radius 2 is 2.12 bits per heavy atom. The van der Waals surface area contributed by atoms with Crippen LogP contribution in [0.25, 0.3) is 0 Å². The summed E-state index contributed by atoms with van der Waals surface area (Å²) in [6, 6.07) is 0. The standard InChI is InChI=1S/C10H16F2I2O2/c1-2-10(11,12)5-6-16-9(15)4-3-8(14)7-13/h8H,2-7H2,1H3. The lowest BCUT2D eigenvalue weighted by Gasteiger charge is -2.13. The fourth-order valence-corrected chi connectivity index (χ4v) is 1.67. The SMILES string of the molecule is CCC(F)(F)CCOC(=O)CCC(I)CI. The van der Waals surface area contributed by atoms with Gasteiger partial charge in [0.15, 0.2) is 0 Å². The van der Waals surface area contributed by atoms with Gasteiger partial charge in [-0.05, 0) is 6.42 Å². The molecule has 1 atom stereocenters. The number of carbonyl (C=O) groups is 1. The summed E-state index contributed by atoms with van der Waals surface area (Å²) in [5.41, 5.74) is 0. The fourth-order valence-electron chi connectivity index (χ4n) is 0.915. The molecule has 0 fully saturated rings. The van der Waals surface area contributed by atoms with Gasteiger partial charge in [-0.1, -0.05) is 52.1 Å². The predicted molar refractivity (Wildman–Crippen MR) is 76.7 cm³/mol. The molecule has 0 aliphatic heterocycles. The quantitative estimate of drug-likeness (QED) is 0.312. The zero-order valence-corrected chi connectivity index (χ0v) is 13.5. The van der Waals surface area contributed by atoms with Gasteiger partial charge < -0.3 is 4.74 Å². The van der Waals surface area contributed by atoms with E-state index >= 15 is 0 Å². The van der Waals surface area contributed by atoms with Gasteiger partial charge in [-0.15, -0.1) is 0 Å². The third kappa shape index (κ3) is 8.89. The number of ether oxygens (including phenoxy) is 1. The van der Waals surface area contributed by atoms with E-state index in [-0.39, 0.29) is 25.4 Å². The van der Waals surface area contributed by atoms with Crippen LogP contribution in [0.2, 0.25) is 0 Å². The van der Waals surface area contributed by atoms with Gasteiger partial charge >= 0.3 is 5.97 Å². The van der Waals surface area contributed by atoms with Crippen LogP contribution in [0.3, 0.4) is 0 Å². The molecule has 0 heterocycles. The molecule has 0 bridgehead atoms. The smallest absolute Gasteiger partial charge is 0.305 e. The molecule has 1 unspecified atom stereocenters. The summed E-state index contributed by atoms with van der Waals surface area (Å²) in [6.07, 6.45) is 0.463. The lowest BCUT2D eigenvalue weighted by atomic mass is 10.2. The van der Waals surface area contributed by atoms with Crippen LogP contribution in [0.4, 0.5) is 8.78 Å². The molecule has 0 amide bonds. The van der Waals surface area contributed by atoms with Crippen molar-refractivity contribution in [2.24, 2.45) is 0 Å². The molecule has 0 aliphatic rings. The van der Waals surface area contributed by atoms with Crippen LogP contribution in [0.15, 0.2) is 0 Å². The van der Waals surface area contributed by atoms with Gasteiger partial charge in [0.2, 0.25) is 0 Å². The van der Waals surface area contributed by atoms with Crippen molar-refractivity contribution in [2.45, 2.75) is 42.5 Å². The van der Waals surface area contributed by atoms with Gasteiger partial charge in [0.05, 0.1) is 6.61 Å². The van der Waals surface area contributed by atoms with E-state index in [1.54, 1.807) is 0 Å². The molecule has 0 N–H and O–H groups in total. The summed E-state index contributed by atoms with van der Waals surface area (Å²) in [4.78, 5) is 11.2. The Labute approximate surface area is 122 Å². The summed E-state index contributed by atoms with van der Waals surface area (Å²) in [5, 5.41) is 0. The molecule has 0 radical (unpaired) electrons. The molecule has 0 aliphatic carbocycles. The van der Waals surface area contributed by atoms with Crippen LogP contribution in [0, 0.1) is 0 Å². The molecule has 0 aromatic carbocycles. The first-order valence-electron chi connectivity index (χ1n) is 5.14. The maximum atomic E-state index is 12.8. The number of hydrogen-bond acceptors (Lipinski definition) is 2. The van der Waals surface area contributed by atoms with Crippen LogP contribution in [-0.2, 0) is 9.53 Å². The maximum absolute atomic E-state index is 12.8. The number of halogens is 4. The second-order valence-corrected chi connectivity index (χ2v) is 6.11. The zero-order valence-electron chi connectivity index (χ0n) is 9.15. The Hall–Kier alpha value is 0.790. The van der Waals surface area contributed by atoms with E-state index < -0.39 is 5.92 Å². The summed E-state index contributed by atoms with van der Waals surface area (Å²) >= 11 is 4.51. The average Bonchev–Trinajstić information content (AvgIpc) is 2.25. The van der Waals surface area contributed by atoms with E-state index in [1.807, 2.05) is 0 Å². The number of hydrogen-bond donors (Lipinski definition) is 0. The molecule has 0 aromatic heterocycles. The minimum atomic E-state index is -2.71. The topological polar surface area (TPSA) is 26.3 Å².